The summed E-state index contributed by atoms with van der Waals surface area (Å²) in [4.78, 5) is 12.5. The number of benzene rings is 2. The first-order valence-corrected chi connectivity index (χ1v) is 9.53. The largest absolute Gasteiger partial charge is 0.322 e. The molecular weight excluding hydrogens is 336 g/mol. The number of amides is 1. The molecule has 5 nitrogen and oxygen atoms in total. The average Bonchev–Trinajstić information content (AvgIpc) is 2.57. The third-order valence-electron chi connectivity index (χ3n) is 4.29. The van der Waals surface area contributed by atoms with Gasteiger partial charge in [0.25, 0.3) is 5.91 Å². The minimum Gasteiger partial charge on any atom is -0.322 e. The van der Waals surface area contributed by atoms with Crippen LogP contribution < -0.4 is 5.32 Å². The van der Waals surface area contributed by atoms with Crippen molar-refractivity contribution in [2.45, 2.75) is 38.6 Å². The van der Waals surface area contributed by atoms with E-state index in [0.29, 0.717) is 11.3 Å². The van der Waals surface area contributed by atoms with Gasteiger partial charge in [-0.3, -0.25) is 4.79 Å². The number of nitrogens with one attached hydrogen (secondary N) is 1. The molecule has 0 saturated carbocycles. The molecule has 0 saturated heterocycles. The lowest BCUT2D eigenvalue weighted by Crippen LogP contribution is -2.33. The molecule has 0 radical (unpaired) electrons. The Kier molecular flexibility index (Phi) is 5.65. The molecule has 0 atom stereocenters. The molecular formula is C19H24N2O3S. The molecule has 0 unspecified atom stereocenters. The normalized spacial score (nSPS) is 11.8. The van der Waals surface area contributed by atoms with E-state index in [4.69, 9.17) is 0 Å². The number of nitrogens with zero attached hydrogens (tertiary/aromatic N) is 1. The number of aryl methyl sites for hydroxylation is 2. The van der Waals surface area contributed by atoms with Gasteiger partial charge in [0.2, 0.25) is 10.0 Å². The number of hydrogen-bond acceptors (Lipinski definition) is 3. The van der Waals surface area contributed by atoms with E-state index >= 15 is 0 Å². The molecule has 0 aliphatic rings. The fourth-order valence-corrected chi connectivity index (χ4v) is 3.61. The maximum Gasteiger partial charge on any atom is 0.255 e. The zero-order valence-corrected chi connectivity index (χ0v) is 16.0. The van der Waals surface area contributed by atoms with E-state index in [2.05, 4.69) is 5.32 Å². The van der Waals surface area contributed by atoms with Gasteiger partial charge in [0.1, 0.15) is 0 Å². The van der Waals surface area contributed by atoms with Crippen molar-refractivity contribution in [2.24, 2.45) is 0 Å². The fraction of sp³-hybridized carbons (Fsp3) is 0.316. The molecule has 0 spiro atoms. The Hall–Kier alpha value is -2.18. The number of carbonyl (C=O) groups is 1. The van der Waals surface area contributed by atoms with E-state index in [-0.39, 0.29) is 16.8 Å². The van der Waals surface area contributed by atoms with E-state index < -0.39 is 10.0 Å². The van der Waals surface area contributed by atoms with E-state index in [9.17, 15) is 13.2 Å². The summed E-state index contributed by atoms with van der Waals surface area (Å²) in [6, 6.07) is 11.5. The van der Waals surface area contributed by atoms with Gasteiger partial charge >= 0.3 is 0 Å². The number of rotatable bonds is 5. The third kappa shape index (κ3) is 4.27. The molecule has 2 aromatic rings. The Morgan fingerprint density at radius 3 is 2.12 bits per heavy atom. The van der Waals surface area contributed by atoms with Crippen LogP contribution in [0.2, 0.25) is 0 Å². The van der Waals surface area contributed by atoms with Crippen molar-refractivity contribution in [3.63, 3.8) is 0 Å². The first-order valence-electron chi connectivity index (χ1n) is 8.09. The highest BCUT2D eigenvalue weighted by Crippen LogP contribution is 2.19. The number of anilines is 1. The van der Waals surface area contributed by atoms with Crippen molar-refractivity contribution in [3.8, 4) is 0 Å². The summed E-state index contributed by atoms with van der Waals surface area (Å²) in [5.74, 6) is -0.274. The standard InChI is InChI=1S/C19H24N2O3S/c1-13(2)21(5)25(23,24)18-10-7-16(8-11-18)19(22)20-17-9-6-14(3)15(4)12-17/h6-13H,1-5H3,(H,20,22). The Bertz CT molecular complexity index is 872. The van der Waals surface area contributed by atoms with E-state index in [1.165, 1.54) is 28.6 Å². The second-order valence-electron chi connectivity index (χ2n) is 6.39. The molecule has 25 heavy (non-hydrogen) atoms. The van der Waals surface area contributed by atoms with Gasteiger partial charge in [0.05, 0.1) is 4.90 Å². The van der Waals surface area contributed by atoms with Crippen LogP contribution in [0.1, 0.15) is 35.3 Å². The lowest BCUT2D eigenvalue weighted by molar-refractivity contribution is 0.102. The van der Waals surface area contributed by atoms with Crippen molar-refractivity contribution in [2.75, 3.05) is 12.4 Å². The summed E-state index contributed by atoms with van der Waals surface area (Å²) in [6.07, 6.45) is 0. The minimum absolute atomic E-state index is 0.141. The van der Waals surface area contributed by atoms with Crippen LogP contribution in [-0.4, -0.2) is 31.7 Å². The van der Waals surface area contributed by atoms with Gasteiger partial charge in [-0.05, 0) is 75.2 Å². The molecule has 2 rings (SSSR count). The van der Waals surface area contributed by atoms with Crippen LogP contribution >= 0.6 is 0 Å². The quantitative estimate of drug-likeness (QED) is 0.886. The van der Waals surface area contributed by atoms with Gasteiger partial charge < -0.3 is 5.32 Å². The van der Waals surface area contributed by atoms with E-state index in [1.54, 1.807) is 7.05 Å². The zero-order valence-electron chi connectivity index (χ0n) is 15.2. The number of carbonyl (C=O) groups excluding carboxylic acids is 1. The topological polar surface area (TPSA) is 66.5 Å². The Balaban J connectivity index is 2.19. The van der Waals surface area contributed by atoms with Crippen molar-refractivity contribution < 1.29 is 13.2 Å². The molecule has 0 aliphatic heterocycles. The molecule has 0 aliphatic carbocycles. The number of sulfonamides is 1. The molecule has 1 amide bonds. The lowest BCUT2D eigenvalue weighted by atomic mass is 10.1. The van der Waals surface area contributed by atoms with Crippen LogP contribution in [0.4, 0.5) is 5.69 Å². The number of hydrogen-bond donors (Lipinski definition) is 1. The van der Waals surface area contributed by atoms with Crippen LogP contribution in [0, 0.1) is 13.8 Å². The maximum absolute atomic E-state index is 12.4. The minimum atomic E-state index is -3.55. The molecule has 0 heterocycles. The van der Waals surface area contributed by atoms with Gasteiger partial charge in [0.15, 0.2) is 0 Å². The molecule has 134 valence electrons. The van der Waals surface area contributed by atoms with Crippen LogP contribution in [0.5, 0.6) is 0 Å². The summed E-state index contributed by atoms with van der Waals surface area (Å²) in [5.41, 5.74) is 3.37. The van der Waals surface area contributed by atoms with Gasteiger partial charge in [-0.1, -0.05) is 6.07 Å². The van der Waals surface area contributed by atoms with Gasteiger partial charge in [-0.25, -0.2) is 8.42 Å². The smallest absolute Gasteiger partial charge is 0.255 e. The summed E-state index contributed by atoms with van der Waals surface area (Å²) >= 11 is 0. The van der Waals surface area contributed by atoms with Crippen LogP contribution in [0.3, 0.4) is 0 Å². The molecule has 1 N–H and O–H groups in total. The van der Waals surface area contributed by atoms with Gasteiger partial charge in [-0.15, -0.1) is 0 Å². The monoisotopic (exact) mass is 360 g/mol. The Morgan fingerprint density at radius 1 is 1.00 bits per heavy atom. The molecule has 0 aromatic heterocycles. The Labute approximate surface area is 149 Å². The van der Waals surface area contributed by atoms with E-state index in [1.807, 2.05) is 45.9 Å². The molecule has 0 bridgehead atoms. The third-order valence-corrected chi connectivity index (χ3v) is 6.33. The van der Waals surface area contributed by atoms with E-state index in [0.717, 1.165) is 11.1 Å². The highest BCUT2D eigenvalue weighted by atomic mass is 32.2. The second kappa shape index (κ2) is 7.37. The van der Waals surface area contributed by atoms with Crippen molar-refractivity contribution in [1.29, 1.82) is 0 Å². The fourth-order valence-electron chi connectivity index (χ4n) is 2.24. The van der Waals surface area contributed by atoms with Crippen molar-refractivity contribution in [1.82, 2.24) is 4.31 Å². The van der Waals surface area contributed by atoms with Crippen LogP contribution in [0.25, 0.3) is 0 Å². The summed E-state index contributed by atoms with van der Waals surface area (Å²) in [6.45, 7) is 7.61. The highest BCUT2D eigenvalue weighted by molar-refractivity contribution is 7.89. The highest BCUT2D eigenvalue weighted by Gasteiger charge is 2.23. The Morgan fingerprint density at radius 2 is 1.60 bits per heavy atom. The van der Waals surface area contributed by atoms with Crippen molar-refractivity contribution >= 4 is 21.6 Å². The SMILES string of the molecule is Cc1ccc(NC(=O)c2ccc(S(=O)(=O)N(C)C(C)C)cc2)cc1C. The molecule has 2 aromatic carbocycles. The summed E-state index contributed by atoms with van der Waals surface area (Å²) in [7, 11) is -2.01. The van der Waals surface area contributed by atoms with Gasteiger partial charge in [0, 0.05) is 24.3 Å². The maximum atomic E-state index is 12.4. The predicted molar refractivity (Wildman–Crippen MR) is 100 cm³/mol. The first kappa shape index (κ1) is 19.1. The van der Waals surface area contributed by atoms with Crippen LogP contribution in [0.15, 0.2) is 47.4 Å². The average molecular weight is 360 g/mol. The first-order chi connectivity index (χ1) is 11.6. The van der Waals surface area contributed by atoms with Crippen LogP contribution in [-0.2, 0) is 10.0 Å². The second-order valence-corrected chi connectivity index (χ2v) is 8.39. The van der Waals surface area contributed by atoms with Gasteiger partial charge in [-0.2, -0.15) is 4.31 Å². The van der Waals surface area contributed by atoms with Crippen molar-refractivity contribution in [3.05, 3.63) is 59.2 Å². The molecule has 0 fully saturated rings. The summed E-state index contributed by atoms with van der Waals surface area (Å²) < 4.78 is 26.2. The predicted octanol–water partition coefficient (Wildman–Crippen LogP) is 3.58. The lowest BCUT2D eigenvalue weighted by Gasteiger charge is -2.21. The molecule has 6 heteroatoms. The zero-order chi connectivity index (χ0) is 18.8. The summed E-state index contributed by atoms with van der Waals surface area (Å²) in [5, 5.41) is 2.83.